The molecule has 0 spiro atoms. The van der Waals surface area contributed by atoms with E-state index in [0.29, 0.717) is 30.1 Å². The molecule has 1 aliphatic heterocycles. The van der Waals surface area contributed by atoms with Gasteiger partial charge in [-0.2, -0.15) is 5.10 Å². The summed E-state index contributed by atoms with van der Waals surface area (Å²) < 4.78 is 7.65. The third kappa shape index (κ3) is 4.36. The molecule has 3 heterocycles. The van der Waals surface area contributed by atoms with Crippen molar-refractivity contribution < 1.29 is 9.53 Å². The molecular weight excluding hydrogens is 430 g/mol. The average Bonchev–Trinajstić information content (AvgIpc) is 3.52. The highest BCUT2D eigenvalue weighted by atomic mass is 16.5. The number of pyridine rings is 1. The van der Waals surface area contributed by atoms with Crippen molar-refractivity contribution in [3.63, 3.8) is 0 Å². The summed E-state index contributed by atoms with van der Waals surface area (Å²) >= 11 is 0. The van der Waals surface area contributed by atoms with Crippen molar-refractivity contribution in [1.82, 2.24) is 24.6 Å². The molecular formula is C26H35N5O3. The Morgan fingerprint density at radius 1 is 1.12 bits per heavy atom. The van der Waals surface area contributed by atoms with Gasteiger partial charge in [0.05, 0.1) is 35.3 Å². The highest BCUT2D eigenvalue weighted by molar-refractivity contribution is 6.07. The highest BCUT2D eigenvalue weighted by Gasteiger charge is 2.26. The maximum atomic E-state index is 13.5. The van der Waals surface area contributed by atoms with Crippen LogP contribution in [0.2, 0.25) is 0 Å². The fourth-order valence-electron chi connectivity index (χ4n) is 5.43. The van der Waals surface area contributed by atoms with Crippen LogP contribution in [-0.2, 0) is 4.74 Å². The molecule has 3 aromatic rings. The van der Waals surface area contributed by atoms with Crippen LogP contribution in [-0.4, -0.2) is 76.4 Å². The van der Waals surface area contributed by atoms with Gasteiger partial charge in [-0.15, -0.1) is 0 Å². The van der Waals surface area contributed by atoms with Gasteiger partial charge >= 0.3 is 0 Å². The van der Waals surface area contributed by atoms with Crippen LogP contribution in [0, 0.1) is 6.92 Å². The first-order valence-corrected chi connectivity index (χ1v) is 12.7. The van der Waals surface area contributed by atoms with Crippen molar-refractivity contribution in [2.24, 2.45) is 0 Å². The van der Waals surface area contributed by atoms with Crippen LogP contribution in [0.25, 0.3) is 21.8 Å². The fraction of sp³-hybridized carbons (Fsp3) is 0.577. The summed E-state index contributed by atoms with van der Waals surface area (Å²) in [6.45, 7) is 9.67. The molecule has 1 saturated heterocycles. The highest BCUT2D eigenvalue weighted by Crippen LogP contribution is 2.34. The Morgan fingerprint density at radius 3 is 2.62 bits per heavy atom. The lowest BCUT2D eigenvalue weighted by molar-refractivity contribution is 0.0552. The lowest BCUT2D eigenvalue weighted by atomic mass is 10.0. The molecule has 2 aromatic heterocycles. The Labute approximate surface area is 199 Å². The van der Waals surface area contributed by atoms with Crippen molar-refractivity contribution in [3.05, 3.63) is 39.8 Å². The lowest BCUT2D eigenvalue weighted by Gasteiger charge is -2.35. The Kier molecular flexibility index (Phi) is 6.70. The van der Waals surface area contributed by atoms with Gasteiger partial charge in [-0.25, -0.2) is 0 Å². The smallest absolute Gasteiger partial charge is 0.259 e. The normalized spacial score (nSPS) is 17.9. The zero-order valence-electron chi connectivity index (χ0n) is 20.3. The maximum Gasteiger partial charge on any atom is 0.259 e. The second-order valence-corrected chi connectivity index (χ2v) is 9.70. The van der Waals surface area contributed by atoms with E-state index in [-0.39, 0.29) is 11.5 Å². The van der Waals surface area contributed by atoms with Crippen LogP contribution in [0.4, 0.5) is 0 Å². The number of fused-ring (bicyclic) bond motifs is 3. The summed E-state index contributed by atoms with van der Waals surface area (Å²) in [5.41, 5.74) is 3.10. The monoisotopic (exact) mass is 465 g/mol. The molecule has 0 bridgehead atoms. The second-order valence-electron chi connectivity index (χ2n) is 9.70. The van der Waals surface area contributed by atoms with E-state index >= 15 is 0 Å². The van der Waals surface area contributed by atoms with Crippen molar-refractivity contribution in [2.45, 2.75) is 52.0 Å². The number of hydrogen-bond donors (Lipinski definition) is 1. The van der Waals surface area contributed by atoms with Gasteiger partial charge in [0.1, 0.15) is 0 Å². The molecule has 0 radical (unpaired) electrons. The zero-order chi connectivity index (χ0) is 23.7. The Morgan fingerprint density at radius 2 is 1.88 bits per heavy atom. The van der Waals surface area contributed by atoms with Crippen LogP contribution in [0.1, 0.15) is 61.0 Å². The van der Waals surface area contributed by atoms with Gasteiger partial charge in [-0.3, -0.25) is 19.2 Å². The molecule has 1 amide bonds. The Hall–Kier alpha value is -2.71. The molecule has 1 aliphatic carbocycles. The van der Waals surface area contributed by atoms with Gasteiger partial charge in [0.25, 0.3) is 11.5 Å². The van der Waals surface area contributed by atoms with Crippen molar-refractivity contribution in [1.29, 1.82) is 0 Å². The number of piperazine rings is 1. The first-order valence-electron chi connectivity index (χ1n) is 12.7. The van der Waals surface area contributed by atoms with E-state index in [1.807, 2.05) is 28.6 Å². The molecule has 1 saturated carbocycles. The summed E-state index contributed by atoms with van der Waals surface area (Å²) in [4.78, 5) is 33.6. The van der Waals surface area contributed by atoms with Gasteiger partial charge in [0, 0.05) is 50.3 Å². The third-order valence-electron chi connectivity index (χ3n) is 7.37. The van der Waals surface area contributed by atoms with Crippen LogP contribution >= 0.6 is 0 Å². The van der Waals surface area contributed by atoms with E-state index < -0.39 is 0 Å². The lowest BCUT2D eigenvalue weighted by Crippen LogP contribution is -2.49. The van der Waals surface area contributed by atoms with Crippen LogP contribution < -0.4 is 5.56 Å². The molecule has 5 rings (SSSR count). The van der Waals surface area contributed by atoms with E-state index in [2.05, 4.69) is 21.9 Å². The number of benzene rings is 1. The van der Waals surface area contributed by atoms with Gasteiger partial charge in [0.15, 0.2) is 0 Å². The van der Waals surface area contributed by atoms with E-state index in [1.165, 1.54) is 12.8 Å². The summed E-state index contributed by atoms with van der Waals surface area (Å²) in [7, 11) is 0. The van der Waals surface area contributed by atoms with Gasteiger partial charge in [-0.05, 0) is 43.9 Å². The number of carbonyl (C=O) groups excluding carboxylic acids is 1. The van der Waals surface area contributed by atoms with Gasteiger partial charge in [-0.1, -0.05) is 19.8 Å². The number of nitrogens with one attached hydrogen (secondary N) is 1. The molecule has 8 nitrogen and oxygen atoms in total. The number of H-pyrrole nitrogens is 1. The van der Waals surface area contributed by atoms with Gasteiger partial charge < -0.3 is 14.6 Å². The minimum atomic E-state index is -0.121. The molecule has 0 atom stereocenters. The van der Waals surface area contributed by atoms with Crippen LogP contribution in [0.5, 0.6) is 0 Å². The number of aryl methyl sites for hydroxylation is 1. The largest absolute Gasteiger partial charge is 0.380 e. The predicted octanol–water partition coefficient (Wildman–Crippen LogP) is 3.49. The molecule has 0 unspecified atom stereocenters. The summed E-state index contributed by atoms with van der Waals surface area (Å²) in [6, 6.07) is 4.23. The summed E-state index contributed by atoms with van der Waals surface area (Å²) in [5.74, 6) is 0.0626. The standard InChI is InChI=1S/C26H35N5O3/c1-3-13-34-14-12-29-8-10-30(11-9-29)26(33)20-16-21-23(15-18(20)2)28-25(32)22-17-27-31(24(21)22)19-6-4-5-7-19/h15-17,19H,3-14H2,1-2H3,(H,28,32). The molecule has 1 aromatic carbocycles. The average molecular weight is 466 g/mol. The molecule has 34 heavy (non-hydrogen) atoms. The number of amides is 1. The topological polar surface area (TPSA) is 83.5 Å². The number of carbonyl (C=O) groups is 1. The van der Waals surface area contributed by atoms with E-state index in [1.54, 1.807) is 6.20 Å². The first kappa shape index (κ1) is 23.1. The van der Waals surface area contributed by atoms with Crippen molar-refractivity contribution >= 4 is 27.7 Å². The SMILES string of the molecule is CCCOCCN1CCN(C(=O)c2cc3c(cc2C)[nH]c(=O)c2cnn(C4CCCC4)c23)CC1. The van der Waals surface area contributed by atoms with E-state index in [9.17, 15) is 9.59 Å². The minimum Gasteiger partial charge on any atom is -0.380 e. The quantitative estimate of drug-likeness (QED) is 0.540. The summed E-state index contributed by atoms with van der Waals surface area (Å²) in [5, 5.41) is 6.11. The molecule has 2 aliphatic rings. The number of hydrogen-bond acceptors (Lipinski definition) is 5. The number of aromatic amines is 1. The number of aromatic nitrogens is 3. The molecule has 1 N–H and O–H groups in total. The predicted molar refractivity (Wildman–Crippen MR) is 134 cm³/mol. The summed E-state index contributed by atoms with van der Waals surface area (Å²) in [6.07, 6.45) is 7.25. The molecule has 182 valence electrons. The zero-order valence-corrected chi connectivity index (χ0v) is 20.3. The minimum absolute atomic E-state index is 0.0626. The van der Waals surface area contributed by atoms with E-state index in [4.69, 9.17) is 4.74 Å². The Balaban J connectivity index is 1.41. The van der Waals surface area contributed by atoms with Crippen LogP contribution in [0.15, 0.2) is 23.1 Å². The second kappa shape index (κ2) is 9.88. The number of ether oxygens (including phenoxy) is 1. The number of nitrogens with zero attached hydrogens (tertiary/aromatic N) is 4. The third-order valence-corrected chi connectivity index (χ3v) is 7.37. The molecule has 8 heteroatoms. The Bertz CT molecular complexity index is 1230. The number of rotatable bonds is 7. The fourth-order valence-corrected chi connectivity index (χ4v) is 5.43. The maximum absolute atomic E-state index is 13.5. The van der Waals surface area contributed by atoms with Gasteiger partial charge in [0.2, 0.25) is 0 Å². The first-order chi connectivity index (χ1) is 16.6. The molecule has 2 fully saturated rings. The van der Waals surface area contributed by atoms with E-state index in [0.717, 1.165) is 74.1 Å². The van der Waals surface area contributed by atoms with Crippen molar-refractivity contribution in [2.75, 3.05) is 45.9 Å². The van der Waals surface area contributed by atoms with Crippen molar-refractivity contribution in [3.8, 4) is 0 Å². The van der Waals surface area contributed by atoms with Crippen LogP contribution in [0.3, 0.4) is 0 Å².